The molecular weight excluding hydrogens is 244 g/mol. The van der Waals surface area contributed by atoms with E-state index in [1.165, 1.54) is 0 Å². The molecule has 0 bridgehead atoms. The summed E-state index contributed by atoms with van der Waals surface area (Å²) >= 11 is 0. The summed E-state index contributed by atoms with van der Waals surface area (Å²) in [5.74, 6) is 0.177. The zero-order valence-electron chi connectivity index (χ0n) is 11.2. The Morgan fingerprint density at radius 2 is 1.89 bits per heavy atom. The maximum absolute atomic E-state index is 11.4. The van der Waals surface area contributed by atoms with Crippen LogP contribution >= 0.6 is 0 Å². The minimum atomic E-state index is -0.486. The summed E-state index contributed by atoms with van der Waals surface area (Å²) in [7, 11) is 0. The van der Waals surface area contributed by atoms with Crippen LogP contribution in [0.4, 0.5) is 10.5 Å². The van der Waals surface area contributed by atoms with E-state index in [0.29, 0.717) is 23.6 Å². The average molecular weight is 262 g/mol. The van der Waals surface area contributed by atoms with Crippen LogP contribution in [0.5, 0.6) is 5.75 Å². The predicted molar refractivity (Wildman–Crippen MR) is 74.2 cm³/mol. The molecule has 0 saturated carbocycles. The third kappa shape index (κ3) is 5.25. The van der Waals surface area contributed by atoms with E-state index in [2.05, 4.69) is 17.2 Å². The van der Waals surface area contributed by atoms with Crippen molar-refractivity contribution < 1.29 is 14.3 Å². The van der Waals surface area contributed by atoms with Crippen molar-refractivity contribution in [2.75, 3.05) is 11.9 Å². The van der Waals surface area contributed by atoms with Crippen molar-refractivity contribution in [3.63, 3.8) is 0 Å². The molecule has 102 valence electrons. The van der Waals surface area contributed by atoms with Gasteiger partial charge in [-0.2, -0.15) is 0 Å². The first-order chi connectivity index (χ1) is 9.02. The second-order valence-corrected chi connectivity index (χ2v) is 4.08. The predicted octanol–water partition coefficient (Wildman–Crippen LogP) is 2.70. The molecule has 0 unspecified atom stereocenters. The van der Waals surface area contributed by atoms with Gasteiger partial charge in [0.25, 0.3) is 5.91 Å². The first kappa shape index (κ1) is 14.8. The van der Waals surface area contributed by atoms with Crippen molar-refractivity contribution in [3.8, 4) is 5.75 Å². The zero-order valence-corrected chi connectivity index (χ0v) is 11.2. The quantitative estimate of drug-likeness (QED) is 0.802. The van der Waals surface area contributed by atoms with Crippen LogP contribution in [0.3, 0.4) is 0 Å². The number of hydrogen-bond acceptors (Lipinski definition) is 3. The molecule has 0 heterocycles. The van der Waals surface area contributed by atoms with Gasteiger partial charge in [-0.05, 0) is 37.6 Å². The Balaban J connectivity index is 2.54. The largest absolute Gasteiger partial charge is 0.412 e. The van der Waals surface area contributed by atoms with E-state index >= 15 is 0 Å². The van der Waals surface area contributed by atoms with Crippen LogP contribution in [-0.2, 0) is 4.79 Å². The topological polar surface area (TPSA) is 67.4 Å². The lowest BCUT2D eigenvalue weighted by Gasteiger charge is -2.07. The van der Waals surface area contributed by atoms with Crippen LogP contribution in [0.2, 0.25) is 0 Å². The molecule has 0 aliphatic carbocycles. The Morgan fingerprint density at radius 1 is 1.26 bits per heavy atom. The van der Waals surface area contributed by atoms with E-state index in [1.807, 2.05) is 6.92 Å². The van der Waals surface area contributed by atoms with Gasteiger partial charge in [0.1, 0.15) is 5.75 Å². The highest BCUT2D eigenvalue weighted by Crippen LogP contribution is 2.16. The standard InChI is InChI=1S/C14H18N2O3/c1-4-9-15-14(18)19-12-7-5-11(6-8-12)16-13(17)10(2)3/h5-8H,2,4,9H2,1,3H3,(H,15,18)(H,16,17). The highest BCUT2D eigenvalue weighted by molar-refractivity contribution is 6.02. The summed E-state index contributed by atoms with van der Waals surface area (Å²) in [6.45, 7) is 7.71. The van der Waals surface area contributed by atoms with Gasteiger partial charge in [0, 0.05) is 17.8 Å². The molecule has 0 spiro atoms. The van der Waals surface area contributed by atoms with E-state index < -0.39 is 6.09 Å². The highest BCUT2D eigenvalue weighted by atomic mass is 16.6. The second-order valence-electron chi connectivity index (χ2n) is 4.08. The maximum Gasteiger partial charge on any atom is 0.412 e. The van der Waals surface area contributed by atoms with Gasteiger partial charge in [-0.25, -0.2) is 4.79 Å². The smallest absolute Gasteiger partial charge is 0.410 e. The first-order valence-corrected chi connectivity index (χ1v) is 6.05. The lowest BCUT2D eigenvalue weighted by molar-refractivity contribution is -0.112. The SMILES string of the molecule is C=C(C)C(=O)Nc1ccc(OC(=O)NCCC)cc1. The van der Waals surface area contributed by atoms with E-state index in [1.54, 1.807) is 31.2 Å². The van der Waals surface area contributed by atoms with Gasteiger partial charge in [-0.1, -0.05) is 13.5 Å². The highest BCUT2D eigenvalue weighted by Gasteiger charge is 2.05. The summed E-state index contributed by atoms with van der Waals surface area (Å²) < 4.78 is 5.04. The molecule has 0 fully saturated rings. The molecule has 2 amide bonds. The van der Waals surface area contributed by atoms with Crippen molar-refractivity contribution in [3.05, 3.63) is 36.4 Å². The Bertz CT molecular complexity index is 466. The number of amides is 2. The summed E-state index contributed by atoms with van der Waals surface area (Å²) in [5.41, 5.74) is 1.05. The van der Waals surface area contributed by atoms with Gasteiger partial charge in [0.05, 0.1) is 0 Å². The zero-order chi connectivity index (χ0) is 14.3. The number of benzene rings is 1. The van der Waals surface area contributed by atoms with Crippen molar-refractivity contribution in [1.82, 2.24) is 5.32 Å². The van der Waals surface area contributed by atoms with E-state index in [0.717, 1.165) is 6.42 Å². The number of carbonyl (C=O) groups is 2. The normalized spacial score (nSPS) is 9.58. The molecule has 1 aromatic carbocycles. The van der Waals surface area contributed by atoms with Crippen LogP contribution in [-0.4, -0.2) is 18.5 Å². The molecule has 2 N–H and O–H groups in total. The molecule has 1 aromatic rings. The van der Waals surface area contributed by atoms with Crippen LogP contribution in [0.1, 0.15) is 20.3 Å². The number of ether oxygens (including phenoxy) is 1. The Hall–Kier alpha value is -2.30. The monoisotopic (exact) mass is 262 g/mol. The third-order valence-corrected chi connectivity index (χ3v) is 2.23. The third-order valence-electron chi connectivity index (χ3n) is 2.23. The van der Waals surface area contributed by atoms with Crippen LogP contribution in [0, 0.1) is 0 Å². The fourth-order valence-electron chi connectivity index (χ4n) is 1.21. The fourth-order valence-corrected chi connectivity index (χ4v) is 1.21. The summed E-state index contributed by atoms with van der Waals surface area (Å²) in [6, 6.07) is 6.53. The molecule has 19 heavy (non-hydrogen) atoms. The molecule has 0 aliphatic rings. The Morgan fingerprint density at radius 3 is 2.42 bits per heavy atom. The van der Waals surface area contributed by atoms with E-state index in [4.69, 9.17) is 4.74 Å². The minimum Gasteiger partial charge on any atom is -0.410 e. The lowest BCUT2D eigenvalue weighted by atomic mass is 10.2. The van der Waals surface area contributed by atoms with Crippen LogP contribution in [0.25, 0.3) is 0 Å². The molecule has 5 heteroatoms. The molecule has 0 aromatic heterocycles. The Kier molecular flexibility index (Phi) is 5.60. The van der Waals surface area contributed by atoms with Crippen molar-refractivity contribution in [2.45, 2.75) is 20.3 Å². The summed E-state index contributed by atoms with van der Waals surface area (Å²) in [6.07, 6.45) is 0.363. The molecule has 1 rings (SSSR count). The number of carbonyl (C=O) groups excluding carboxylic acids is 2. The minimum absolute atomic E-state index is 0.241. The first-order valence-electron chi connectivity index (χ1n) is 6.05. The van der Waals surface area contributed by atoms with E-state index in [-0.39, 0.29) is 5.91 Å². The van der Waals surface area contributed by atoms with Gasteiger partial charge in [0.2, 0.25) is 0 Å². The number of nitrogens with one attached hydrogen (secondary N) is 2. The number of hydrogen-bond donors (Lipinski definition) is 2. The van der Waals surface area contributed by atoms with Gasteiger partial charge < -0.3 is 15.4 Å². The summed E-state index contributed by atoms with van der Waals surface area (Å²) in [4.78, 5) is 22.7. The maximum atomic E-state index is 11.4. The van der Waals surface area contributed by atoms with Gasteiger partial charge >= 0.3 is 6.09 Å². The second kappa shape index (κ2) is 7.20. The molecule has 0 atom stereocenters. The molecule has 0 saturated heterocycles. The van der Waals surface area contributed by atoms with E-state index in [9.17, 15) is 9.59 Å². The lowest BCUT2D eigenvalue weighted by Crippen LogP contribution is -2.27. The van der Waals surface area contributed by atoms with Crippen molar-refractivity contribution in [2.24, 2.45) is 0 Å². The molecular formula is C14H18N2O3. The van der Waals surface area contributed by atoms with Gasteiger partial charge in [-0.3, -0.25) is 4.79 Å². The van der Waals surface area contributed by atoms with Crippen molar-refractivity contribution >= 4 is 17.7 Å². The van der Waals surface area contributed by atoms with Gasteiger partial charge in [0.15, 0.2) is 0 Å². The van der Waals surface area contributed by atoms with Gasteiger partial charge in [-0.15, -0.1) is 0 Å². The molecule has 0 radical (unpaired) electrons. The molecule has 5 nitrogen and oxygen atoms in total. The average Bonchev–Trinajstić information content (AvgIpc) is 2.38. The number of anilines is 1. The Labute approximate surface area is 112 Å². The van der Waals surface area contributed by atoms with Crippen LogP contribution < -0.4 is 15.4 Å². The fraction of sp³-hybridized carbons (Fsp3) is 0.286. The number of rotatable bonds is 5. The summed E-state index contributed by atoms with van der Waals surface area (Å²) in [5, 5.41) is 5.26. The van der Waals surface area contributed by atoms with Crippen LogP contribution in [0.15, 0.2) is 36.4 Å². The van der Waals surface area contributed by atoms with Crippen molar-refractivity contribution in [1.29, 1.82) is 0 Å². The molecule has 0 aliphatic heterocycles.